The third-order valence-electron chi connectivity index (χ3n) is 0.340. The zero-order valence-corrected chi connectivity index (χ0v) is 9.19. The Morgan fingerprint density at radius 3 is 2.38 bits per heavy atom. The molecule has 0 aliphatic carbocycles. The molecule has 1 aromatic heterocycles. The van der Waals surface area contributed by atoms with Crippen molar-refractivity contribution in [1.82, 2.24) is 8.75 Å². The van der Waals surface area contributed by atoms with E-state index in [-0.39, 0.29) is 28.5 Å². The molecule has 0 aliphatic heterocycles. The van der Waals surface area contributed by atoms with Crippen molar-refractivity contribution >= 4 is 26.4 Å². The van der Waals surface area contributed by atoms with Crippen LogP contribution in [0.25, 0.3) is 0 Å². The summed E-state index contributed by atoms with van der Waals surface area (Å²) in [5, 5.41) is 0. The van der Waals surface area contributed by atoms with E-state index in [9.17, 15) is 0 Å². The molecule has 0 saturated heterocycles. The van der Waals surface area contributed by atoms with Crippen molar-refractivity contribution in [1.29, 1.82) is 0 Å². The molecule has 0 aromatic carbocycles. The maximum atomic E-state index is 3.75. The van der Waals surface area contributed by atoms with Crippen LogP contribution >= 0.6 is 21.0 Å². The predicted molar refractivity (Wildman–Crippen MR) is 34.5 cm³/mol. The first-order valence-corrected chi connectivity index (χ1v) is 2.66. The van der Waals surface area contributed by atoms with Gasteiger partial charge in [-0.2, -0.15) is 0 Å². The van der Waals surface area contributed by atoms with Crippen molar-refractivity contribution in [2.24, 2.45) is 0 Å². The molecule has 1 rings (SSSR count). The molecule has 8 heavy (non-hydrogen) atoms. The van der Waals surface area contributed by atoms with Gasteiger partial charge in [-0.3, -0.25) is 0 Å². The van der Waals surface area contributed by atoms with E-state index < -0.39 is 0 Å². The Kier molecular flexibility index (Phi) is 8.33. The molecule has 0 spiro atoms. The molecule has 5 heteroatoms. The number of nitrogens with zero attached hydrogens (tertiary/aromatic N) is 2. The molecule has 2 nitrogen and oxygen atoms in total. The summed E-state index contributed by atoms with van der Waals surface area (Å²) in [6.07, 6.45) is 2.62. The summed E-state index contributed by atoms with van der Waals surface area (Å²) >= 11 is 1.16. The van der Waals surface area contributed by atoms with Crippen molar-refractivity contribution in [3.8, 4) is 0 Å². The van der Waals surface area contributed by atoms with Gasteiger partial charge in [-0.05, 0) is 0 Å². The maximum absolute atomic E-state index is 3.75. The van der Waals surface area contributed by atoms with E-state index >= 15 is 0 Å². The van der Waals surface area contributed by atoms with E-state index in [0.717, 1.165) is 17.2 Å². The summed E-state index contributed by atoms with van der Waals surface area (Å²) < 4.78 is 7.36. The third kappa shape index (κ3) is 3.65. The average molecular weight is 316 g/mol. The van der Waals surface area contributed by atoms with Crippen LogP contribution in [0.1, 0.15) is 0 Å². The molecule has 0 saturated carbocycles. The molecule has 0 fully saturated rings. The van der Waals surface area contributed by atoms with Crippen LogP contribution in [0.15, 0.2) is 0 Å². The summed E-state index contributed by atoms with van der Waals surface area (Å²) in [7, 11) is 2.40. The summed E-state index contributed by atoms with van der Waals surface area (Å²) in [4.78, 5) is 0. The molecule has 1 unspecified atom stereocenters. The predicted octanol–water partition coefficient (Wildman–Crippen LogP) is 0.286. The van der Waals surface area contributed by atoms with Gasteiger partial charge in [0.1, 0.15) is 0 Å². The van der Waals surface area contributed by atoms with Crippen LogP contribution in [0.5, 0.6) is 0 Å². The Labute approximate surface area is 69.9 Å². The Morgan fingerprint density at radius 1 is 1.62 bits per heavy atom. The van der Waals surface area contributed by atoms with Crippen LogP contribution in [-0.2, 0) is 21.1 Å². The molecule has 0 bridgehead atoms. The SMILES string of the molecule is Pc1[c-]nsn1.[CH3-].[W+2]. The van der Waals surface area contributed by atoms with Crippen LogP contribution in [0.2, 0.25) is 0 Å². The Morgan fingerprint density at radius 2 is 2.25 bits per heavy atom. The zero-order valence-electron chi connectivity index (χ0n) is 4.29. The Bertz CT molecular complexity index is 121. The fourth-order valence-corrected chi connectivity index (χ4v) is 0.755. The van der Waals surface area contributed by atoms with E-state index in [1.807, 2.05) is 0 Å². The van der Waals surface area contributed by atoms with Gasteiger partial charge in [0.25, 0.3) is 0 Å². The van der Waals surface area contributed by atoms with Crippen LogP contribution in [-0.4, -0.2) is 8.75 Å². The molecule has 1 heterocycles. The van der Waals surface area contributed by atoms with Gasteiger partial charge in [0, 0.05) is 11.7 Å². The monoisotopic (exact) mass is 316 g/mol. The minimum atomic E-state index is 0. The molecule has 0 amide bonds. The van der Waals surface area contributed by atoms with E-state index in [4.69, 9.17) is 0 Å². The second kappa shape index (κ2) is 5.81. The van der Waals surface area contributed by atoms with Crippen molar-refractivity contribution in [2.75, 3.05) is 0 Å². The molecule has 1 atom stereocenters. The first-order chi connectivity index (χ1) is 2.89. The molecular formula is C3H5N2PSW. The normalized spacial score (nSPS) is 6.62. The molecule has 0 N–H and O–H groups in total. The summed E-state index contributed by atoms with van der Waals surface area (Å²) in [5.41, 5.74) is 0.792. The van der Waals surface area contributed by atoms with Gasteiger partial charge in [-0.25, -0.2) is 4.37 Å². The number of rotatable bonds is 0. The van der Waals surface area contributed by atoms with Crippen LogP contribution in [0.4, 0.5) is 0 Å². The van der Waals surface area contributed by atoms with Crippen molar-refractivity contribution in [3.05, 3.63) is 13.6 Å². The molecular weight excluding hydrogens is 311 g/mol. The van der Waals surface area contributed by atoms with E-state index in [0.29, 0.717) is 0 Å². The second-order valence-corrected chi connectivity index (χ2v) is 1.84. The molecule has 0 radical (unpaired) electrons. The zero-order chi connectivity index (χ0) is 4.41. The number of aromatic nitrogens is 2. The van der Waals surface area contributed by atoms with Crippen LogP contribution in [0.3, 0.4) is 0 Å². The van der Waals surface area contributed by atoms with Gasteiger partial charge in [0.15, 0.2) is 0 Å². The molecule has 44 valence electrons. The smallest absolute Gasteiger partial charge is 0.394 e. The van der Waals surface area contributed by atoms with Gasteiger partial charge < -0.3 is 18.0 Å². The van der Waals surface area contributed by atoms with Gasteiger partial charge in [0.2, 0.25) is 0 Å². The van der Waals surface area contributed by atoms with Crippen molar-refractivity contribution in [2.45, 2.75) is 0 Å². The summed E-state index contributed by atoms with van der Waals surface area (Å²) in [5.74, 6) is 0. The Hall–Kier alpha value is 0.678. The summed E-state index contributed by atoms with van der Waals surface area (Å²) in [6.45, 7) is 0. The van der Waals surface area contributed by atoms with Crippen LogP contribution < -0.4 is 5.44 Å². The van der Waals surface area contributed by atoms with Gasteiger partial charge in [0.05, 0.1) is 0 Å². The van der Waals surface area contributed by atoms with Gasteiger partial charge >= 0.3 is 21.1 Å². The van der Waals surface area contributed by atoms with Gasteiger partial charge in [-0.15, -0.1) is 9.24 Å². The minimum absolute atomic E-state index is 0. The summed E-state index contributed by atoms with van der Waals surface area (Å²) in [6, 6.07) is 0. The first-order valence-electron chi connectivity index (χ1n) is 1.35. The quantitative estimate of drug-likeness (QED) is 0.508. The molecule has 0 aliphatic rings. The maximum Gasteiger partial charge on any atom is 2.00 e. The number of hydrogen-bond donors (Lipinski definition) is 0. The fraction of sp³-hybridized carbons (Fsp3) is 0. The molecule has 1 aromatic rings. The number of hydrogen-bond acceptors (Lipinski definition) is 3. The van der Waals surface area contributed by atoms with Crippen molar-refractivity contribution < 1.29 is 21.1 Å². The van der Waals surface area contributed by atoms with E-state index in [1.165, 1.54) is 0 Å². The minimum Gasteiger partial charge on any atom is -0.394 e. The van der Waals surface area contributed by atoms with E-state index in [2.05, 4.69) is 24.2 Å². The third-order valence-corrected chi connectivity index (χ3v) is 1.24. The largest absolute Gasteiger partial charge is 2.00 e. The van der Waals surface area contributed by atoms with Gasteiger partial charge in [-0.1, -0.05) is 5.44 Å². The second-order valence-electron chi connectivity index (χ2n) is 0.761. The Balaban J connectivity index is 0. The standard InChI is InChI=1S/C2H2N2PS.CH3.W/c5-2-1-3-6-4-2;;/h5H2;1H3;/q2*-1;+2. The average Bonchev–Trinajstić information content (AvgIpc) is 1.86. The van der Waals surface area contributed by atoms with E-state index in [1.54, 1.807) is 0 Å². The van der Waals surface area contributed by atoms with Crippen molar-refractivity contribution in [3.63, 3.8) is 0 Å². The van der Waals surface area contributed by atoms with Crippen LogP contribution in [0, 0.1) is 13.6 Å². The topological polar surface area (TPSA) is 25.8 Å². The first kappa shape index (κ1) is 11.5. The fourth-order valence-electron chi connectivity index (χ4n) is 0.152.